The molecule has 0 aliphatic rings. The third-order valence-electron chi connectivity index (χ3n) is 2.67. The molecule has 0 amide bonds. The van der Waals surface area contributed by atoms with E-state index in [9.17, 15) is 0 Å². The second-order valence-corrected chi connectivity index (χ2v) is 3.92. The van der Waals surface area contributed by atoms with Gasteiger partial charge in [0.15, 0.2) is 0 Å². The van der Waals surface area contributed by atoms with E-state index < -0.39 is 0 Å². The first-order chi connectivity index (χ1) is 5.54. The zero-order valence-electron chi connectivity index (χ0n) is 8.64. The van der Waals surface area contributed by atoms with Crippen molar-refractivity contribution in [2.45, 2.75) is 40.5 Å². The minimum Gasteiger partial charge on any atom is -0.469 e. The van der Waals surface area contributed by atoms with E-state index in [-0.39, 0.29) is 0 Å². The van der Waals surface area contributed by atoms with Crippen molar-refractivity contribution in [3.05, 3.63) is 23.2 Å². The zero-order valence-corrected chi connectivity index (χ0v) is 8.64. The van der Waals surface area contributed by atoms with E-state index in [1.807, 2.05) is 13.2 Å². The summed E-state index contributed by atoms with van der Waals surface area (Å²) < 4.78 is 5.37. The van der Waals surface area contributed by atoms with Crippen LogP contribution in [0.1, 0.15) is 43.6 Å². The summed E-state index contributed by atoms with van der Waals surface area (Å²) in [5.74, 6) is 2.36. The Kier molecular flexibility index (Phi) is 2.61. The summed E-state index contributed by atoms with van der Waals surface area (Å²) in [6, 6.07) is 0. The summed E-state index contributed by atoms with van der Waals surface area (Å²) in [5, 5.41) is 0. The summed E-state index contributed by atoms with van der Waals surface area (Å²) in [5.41, 5.74) is 2.68. The van der Waals surface area contributed by atoms with Crippen LogP contribution in [-0.4, -0.2) is 0 Å². The van der Waals surface area contributed by atoms with E-state index in [0.717, 1.165) is 5.76 Å². The topological polar surface area (TPSA) is 13.1 Å². The number of aryl methyl sites for hydroxylation is 2. The lowest BCUT2D eigenvalue weighted by atomic mass is 9.88. The molecule has 0 N–H and O–H groups in total. The molecule has 0 fully saturated rings. The van der Waals surface area contributed by atoms with Crippen LogP contribution in [0, 0.1) is 19.8 Å². The number of hydrogen-bond donors (Lipinski definition) is 0. The number of hydrogen-bond acceptors (Lipinski definition) is 1. The molecule has 1 heterocycles. The lowest BCUT2D eigenvalue weighted by Gasteiger charge is -2.15. The van der Waals surface area contributed by atoms with Gasteiger partial charge in [-0.1, -0.05) is 20.8 Å². The van der Waals surface area contributed by atoms with Crippen LogP contribution in [0.3, 0.4) is 0 Å². The molecule has 12 heavy (non-hydrogen) atoms. The first kappa shape index (κ1) is 9.37. The quantitative estimate of drug-likeness (QED) is 0.653. The van der Waals surface area contributed by atoms with Crippen LogP contribution in [0.2, 0.25) is 0 Å². The predicted molar refractivity (Wildman–Crippen MR) is 51.4 cm³/mol. The second-order valence-electron chi connectivity index (χ2n) is 3.92. The minimum absolute atomic E-state index is 0.601. The van der Waals surface area contributed by atoms with Gasteiger partial charge in [0.1, 0.15) is 5.76 Å². The Morgan fingerprint density at radius 2 is 1.75 bits per heavy atom. The van der Waals surface area contributed by atoms with E-state index in [1.165, 1.54) is 11.1 Å². The molecule has 68 valence electrons. The monoisotopic (exact) mass is 166 g/mol. The van der Waals surface area contributed by atoms with E-state index >= 15 is 0 Å². The molecular formula is C11H18O. The number of rotatable bonds is 2. The van der Waals surface area contributed by atoms with Crippen LogP contribution < -0.4 is 0 Å². The third kappa shape index (κ3) is 1.55. The molecule has 1 nitrogen and oxygen atoms in total. The van der Waals surface area contributed by atoms with Crippen molar-refractivity contribution in [2.75, 3.05) is 0 Å². The fraction of sp³-hybridized carbons (Fsp3) is 0.636. The summed E-state index contributed by atoms with van der Waals surface area (Å²) in [4.78, 5) is 0. The summed E-state index contributed by atoms with van der Waals surface area (Å²) in [6.07, 6.45) is 1.85. The van der Waals surface area contributed by atoms with Crippen molar-refractivity contribution < 1.29 is 4.42 Å². The van der Waals surface area contributed by atoms with Crippen molar-refractivity contribution in [1.29, 1.82) is 0 Å². The molecule has 1 unspecified atom stereocenters. The van der Waals surface area contributed by atoms with Gasteiger partial charge in [-0.3, -0.25) is 0 Å². The third-order valence-corrected chi connectivity index (χ3v) is 2.67. The molecule has 1 heteroatoms. The fourth-order valence-electron chi connectivity index (χ4n) is 1.59. The first-order valence-electron chi connectivity index (χ1n) is 4.58. The van der Waals surface area contributed by atoms with Crippen LogP contribution in [0.5, 0.6) is 0 Å². The molecule has 0 aromatic carbocycles. The van der Waals surface area contributed by atoms with Gasteiger partial charge in [0, 0.05) is 0 Å². The van der Waals surface area contributed by atoms with E-state index in [4.69, 9.17) is 4.42 Å². The minimum atomic E-state index is 0.601. The average Bonchev–Trinajstić information content (AvgIpc) is 2.30. The number of furan rings is 1. The van der Waals surface area contributed by atoms with Crippen molar-refractivity contribution in [3.63, 3.8) is 0 Å². The molecule has 0 aliphatic carbocycles. The molecule has 0 saturated heterocycles. The molecule has 0 radical (unpaired) electrons. The average molecular weight is 166 g/mol. The summed E-state index contributed by atoms with van der Waals surface area (Å²) in [6.45, 7) is 10.9. The van der Waals surface area contributed by atoms with Crippen LogP contribution in [0.15, 0.2) is 10.7 Å². The first-order valence-corrected chi connectivity index (χ1v) is 4.58. The maximum absolute atomic E-state index is 5.37. The molecule has 1 aromatic heterocycles. The van der Waals surface area contributed by atoms with Gasteiger partial charge in [-0.2, -0.15) is 0 Å². The van der Waals surface area contributed by atoms with Crippen LogP contribution in [0.4, 0.5) is 0 Å². The Hall–Kier alpha value is -0.720. The highest BCUT2D eigenvalue weighted by Crippen LogP contribution is 2.30. The van der Waals surface area contributed by atoms with Gasteiger partial charge in [-0.15, -0.1) is 0 Å². The Morgan fingerprint density at radius 3 is 2.08 bits per heavy atom. The molecule has 0 aliphatic heterocycles. The Bertz CT molecular complexity index is 238. The van der Waals surface area contributed by atoms with E-state index in [0.29, 0.717) is 11.8 Å². The van der Waals surface area contributed by atoms with Gasteiger partial charge in [-0.25, -0.2) is 0 Å². The highest BCUT2D eigenvalue weighted by Gasteiger charge is 2.16. The SMILES string of the molecule is Cc1coc(C)c1C(C)C(C)C. The standard InChI is InChI=1S/C11H18O/c1-7(2)9(4)11-8(3)6-12-10(11)5/h6-7,9H,1-5H3. The van der Waals surface area contributed by atoms with Crippen LogP contribution in [0.25, 0.3) is 0 Å². The molecule has 1 atom stereocenters. The maximum Gasteiger partial charge on any atom is 0.104 e. The van der Waals surface area contributed by atoms with E-state index in [1.54, 1.807) is 0 Å². The highest BCUT2D eigenvalue weighted by atomic mass is 16.3. The lowest BCUT2D eigenvalue weighted by molar-refractivity contribution is 0.497. The molecule has 1 rings (SSSR count). The van der Waals surface area contributed by atoms with Crippen molar-refractivity contribution in [3.8, 4) is 0 Å². The maximum atomic E-state index is 5.37. The molecule has 1 aromatic rings. The molecule has 0 bridgehead atoms. The normalized spacial score (nSPS) is 13.8. The Balaban J connectivity index is 3.00. The molecule has 0 saturated carbocycles. The zero-order chi connectivity index (χ0) is 9.30. The second kappa shape index (κ2) is 3.34. The summed E-state index contributed by atoms with van der Waals surface area (Å²) in [7, 11) is 0. The molecule has 0 spiro atoms. The molecular weight excluding hydrogens is 148 g/mol. The predicted octanol–water partition coefficient (Wildman–Crippen LogP) is 3.66. The largest absolute Gasteiger partial charge is 0.469 e. The Labute approximate surface area is 74.8 Å². The van der Waals surface area contributed by atoms with Gasteiger partial charge < -0.3 is 4.42 Å². The van der Waals surface area contributed by atoms with Gasteiger partial charge >= 0.3 is 0 Å². The fourth-order valence-corrected chi connectivity index (χ4v) is 1.59. The van der Waals surface area contributed by atoms with E-state index in [2.05, 4.69) is 27.7 Å². The smallest absolute Gasteiger partial charge is 0.104 e. The van der Waals surface area contributed by atoms with Gasteiger partial charge in [0.2, 0.25) is 0 Å². The van der Waals surface area contributed by atoms with Gasteiger partial charge in [0.05, 0.1) is 6.26 Å². The highest BCUT2D eigenvalue weighted by molar-refractivity contribution is 5.29. The Morgan fingerprint density at radius 1 is 1.17 bits per heavy atom. The van der Waals surface area contributed by atoms with Crippen LogP contribution >= 0.6 is 0 Å². The van der Waals surface area contributed by atoms with Crippen molar-refractivity contribution in [2.24, 2.45) is 5.92 Å². The van der Waals surface area contributed by atoms with Gasteiger partial charge in [-0.05, 0) is 36.8 Å². The lowest BCUT2D eigenvalue weighted by Crippen LogP contribution is -2.03. The van der Waals surface area contributed by atoms with Crippen LogP contribution in [-0.2, 0) is 0 Å². The van der Waals surface area contributed by atoms with Crippen molar-refractivity contribution >= 4 is 0 Å². The van der Waals surface area contributed by atoms with Gasteiger partial charge in [0.25, 0.3) is 0 Å². The summed E-state index contributed by atoms with van der Waals surface area (Å²) >= 11 is 0. The van der Waals surface area contributed by atoms with Crippen molar-refractivity contribution in [1.82, 2.24) is 0 Å².